The number of hydrogen-bond acceptors (Lipinski definition) is 5. The average molecular weight is 252 g/mol. The lowest BCUT2D eigenvalue weighted by molar-refractivity contribution is 0.396. The number of hydrogen-bond donors (Lipinski definition) is 2. The largest absolute Gasteiger partial charge is 0.479 e. The standard InChI is InChI=1S/C13H24N4O/c1-5-6-7-8-15-12-10(14)13(18-4)17-11(16-12)9(2)3/h9H,5-8,14H2,1-4H3,(H,15,16,17). The highest BCUT2D eigenvalue weighted by atomic mass is 16.5. The maximum absolute atomic E-state index is 5.97. The summed E-state index contributed by atoms with van der Waals surface area (Å²) in [6.07, 6.45) is 3.51. The van der Waals surface area contributed by atoms with Crippen molar-refractivity contribution < 1.29 is 4.74 Å². The van der Waals surface area contributed by atoms with Crippen LogP contribution in [-0.2, 0) is 0 Å². The minimum atomic E-state index is 0.246. The van der Waals surface area contributed by atoms with Gasteiger partial charge in [-0.1, -0.05) is 33.6 Å². The summed E-state index contributed by atoms with van der Waals surface area (Å²) in [6, 6.07) is 0. The Labute approximate surface area is 109 Å². The van der Waals surface area contributed by atoms with Gasteiger partial charge in [-0.05, 0) is 6.42 Å². The first-order valence-electron chi connectivity index (χ1n) is 6.55. The number of nitrogen functional groups attached to an aromatic ring is 1. The fourth-order valence-corrected chi connectivity index (χ4v) is 1.60. The van der Waals surface area contributed by atoms with E-state index in [-0.39, 0.29) is 5.92 Å². The molecule has 1 rings (SSSR count). The molecule has 0 aliphatic heterocycles. The summed E-state index contributed by atoms with van der Waals surface area (Å²) in [6.45, 7) is 7.15. The molecule has 0 fully saturated rings. The summed E-state index contributed by atoms with van der Waals surface area (Å²) >= 11 is 0. The molecule has 18 heavy (non-hydrogen) atoms. The molecule has 0 aliphatic carbocycles. The van der Waals surface area contributed by atoms with Gasteiger partial charge in [0, 0.05) is 12.5 Å². The van der Waals surface area contributed by atoms with Crippen LogP contribution < -0.4 is 15.8 Å². The van der Waals surface area contributed by atoms with Crippen molar-refractivity contribution in [3.8, 4) is 5.88 Å². The summed E-state index contributed by atoms with van der Waals surface area (Å²) < 4.78 is 5.19. The number of ether oxygens (including phenoxy) is 1. The Bertz CT molecular complexity index is 379. The Balaban J connectivity index is 2.84. The molecule has 0 bridgehead atoms. The van der Waals surface area contributed by atoms with E-state index in [1.807, 2.05) is 13.8 Å². The predicted molar refractivity (Wildman–Crippen MR) is 75.1 cm³/mol. The van der Waals surface area contributed by atoms with E-state index < -0.39 is 0 Å². The lowest BCUT2D eigenvalue weighted by Gasteiger charge is -2.14. The van der Waals surface area contributed by atoms with E-state index in [0.29, 0.717) is 17.4 Å². The van der Waals surface area contributed by atoms with Crippen LogP contribution in [0.4, 0.5) is 11.5 Å². The normalized spacial score (nSPS) is 10.7. The van der Waals surface area contributed by atoms with Crippen molar-refractivity contribution >= 4 is 11.5 Å². The Hall–Kier alpha value is -1.52. The zero-order valence-electron chi connectivity index (χ0n) is 11.8. The molecule has 1 aromatic heterocycles. The lowest BCUT2D eigenvalue weighted by atomic mass is 10.2. The first kappa shape index (κ1) is 14.5. The van der Waals surface area contributed by atoms with Gasteiger partial charge in [0.05, 0.1) is 7.11 Å². The fourth-order valence-electron chi connectivity index (χ4n) is 1.60. The molecular formula is C13H24N4O. The zero-order chi connectivity index (χ0) is 13.5. The molecule has 0 unspecified atom stereocenters. The number of aromatic nitrogens is 2. The number of rotatable bonds is 7. The topological polar surface area (TPSA) is 73.1 Å². The first-order valence-corrected chi connectivity index (χ1v) is 6.55. The Morgan fingerprint density at radius 3 is 2.56 bits per heavy atom. The van der Waals surface area contributed by atoms with Crippen LogP contribution >= 0.6 is 0 Å². The van der Waals surface area contributed by atoms with Crippen molar-refractivity contribution in [3.05, 3.63) is 5.82 Å². The molecule has 0 atom stereocenters. The minimum absolute atomic E-state index is 0.246. The summed E-state index contributed by atoms with van der Waals surface area (Å²) in [7, 11) is 1.57. The Morgan fingerprint density at radius 2 is 2.00 bits per heavy atom. The molecule has 3 N–H and O–H groups in total. The van der Waals surface area contributed by atoms with Crippen molar-refractivity contribution in [1.29, 1.82) is 0 Å². The highest BCUT2D eigenvalue weighted by Crippen LogP contribution is 2.27. The van der Waals surface area contributed by atoms with Gasteiger partial charge in [-0.15, -0.1) is 0 Å². The molecule has 5 nitrogen and oxygen atoms in total. The van der Waals surface area contributed by atoms with E-state index in [2.05, 4.69) is 22.2 Å². The molecule has 0 amide bonds. The monoisotopic (exact) mass is 252 g/mol. The van der Waals surface area contributed by atoms with Crippen molar-refractivity contribution in [3.63, 3.8) is 0 Å². The summed E-state index contributed by atoms with van der Waals surface area (Å²) in [4.78, 5) is 8.75. The molecule has 1 aromatic rings. The number of nitrogens with zero attached hydrogens (tertiary/aromatic N) is 2. The minimum Gasteiger partial charge on any atom is -0.479 e. The lowest BCUT2D eigenvalue weighted by Crippen LogP contribution is -2.11. The van der Waals surface area contributed by atoms with E-state index >= 15 is 0 Å². The maximum Gasteiger partial charge on any atom is 0.242 e. The van der Waals surface area contributed by atoms with Gasteiger partial charge in [-0.25, -0.2) is 4.98 Å². The van der Waals surface area contributed by atoms with Crippen LogP contribution in [0.2, 0.25) is 0 Å². The van der Waals surface area contributed by atoms with Crippen LogP contribution in [0.15, 0.2) is 0 Å². The molecule has 0 aromatic carbocycles. The smallest absolute Gasteiger partial charge is 0.242 e. The van der Waals surface area contributed by atoms with Gasteiger partial charge in [-0.2, -0.15) is 4.98 Å². The van der Waals surface area contributed by atoms with Crippen molar-refractivity contribution in [2.24, 2.45) is 0 Å². The molecule has 0 saturated heterocycles. The summed E-state index contributed by atoms with van der Waals surface area (Å²) in [5.41, 5.74) is 6.45. The number of nitrogens with one attached hydrogen (secondary N) is 1. The molecular weight excluding hydrogens is 228 g/mol. The SMILES string of the molecule is CCCCCNc1nc(C(C)C)nc(OC)c1N. The number of anilines is 2. The molecule has 5 heteroatoms. The molecule has 0 spiro atoms. The second kappa shape index (κ2) is 7.03. The quantitative estimate of drug-likeness (QED) is 0.730. The average Bonchev–Trinajstić information content (AvgIpc) is 2.36. The van der Waals surface area contributed by atoms with Gasteiger partial charge >= 0.3 is 0 Å². The van der Waals surface area contributed by atoms with Crippen molar-refractivity contribution in [2.75, 3.05) is 24.7 Å². The van der Waals surface area contributed by atoms with Crippen LogP contribution in [0.25, 0.3) is 0 Å². The number of nitrogens with two attached hydrogens (primary N) is 1. The molecule has 1 heterocycles. The van der Waals surface area contributed by atoms with E-state index in [9.17, 15) is 0 Å². The van der Waals surface area contributed by atoms with Crippen LogP contribution in [-0.4, -0.2) is 23.6 Å². The fraction of sp³-hybridized carbons (Fsp3) is 0.692. The van der Waals surface area contributed by atoms with Gasteiger partial charge in [0.2, 0.25) is 5.88 Å². The van der Waals surface area contributed by atoms with Crippen molar-refractivity contribution in [1.82, 2.24) is 9.97 Å². The third-order valence-electron chi connectivity index (χ3n) is 2.71. The first-order chi connectivity index (χ1) is 8.60. The van der Waals surface area contributed by atoms with Gasteiger partial charge in [0.1, 0.15) is 11.5 Å². The molecule has 0 aliphatic rings. The van der Waals surface area contributed by atoms with Gasteiger partial charge < -0.3 is 15.8 Å². The van der Waals surface area contributed by atoms with Crippen LogP contribution in [0, 0.1) is 0 Å². The number of methoxy groups -OCH3 is 1. The maximum atomic E-state index is 5.97. The predicted octanol–water partition coefficient (Wildman–Crippen LogP) is 2.79. The van der Waals surface area contributed by atoms with Crippen LogP contribution in [0.3, 0.4) is 0 Å². The van der Waals surface area contributed by atoms with Gasteiger partial charge in [-0.3, -0.25) is 0 Å². The molecule has 0 radical (unpaired) electrons. The van der Waals surface area contributed by atoms with E-state index in [1.165, 1.54) is 12.8 Å². The van der Waals surface area contributed by atoms with Crippen LogP contribution in [0.1, 0.15) is 51.8 Å². The van der Waals surface area contributed by atoms with E-state index in [1.54, 1.807) is 7.11 Å². The Kier molecular flexibility index (Phi) is 5.68. The van der Waals surface area contributed by atoms with Crippen LogP contribution in [0.5, 0.6) is 5.88 Å². The second-order valence-corrected chi connectivity index (χ2v) is 4.64. The van der Waals surface area contributed by atoms with Crippen molar-refractivity contribution in [2.45, 2.75) is 46.0 Å². The number of unbranched alkanes of at least 4 members (excludes halogenated alkanes) is 2. The highest BCUT2D eigenvalue weighted by Gasteiger charge is 2.13. The molecule has 0 saturated carbocycles. The summed E-state index contributed by atoms with van der Waals surface area (Å²) in [5.74, 6) is 2.13. The Morgan fingerprint density at radius 1 is 1.28 bits per heavy atom. The zero-order valence-corrected chi connectivity index (χ0v) is 11.8. The molecule has 102 valence electrons. The van der Waals surface area contributed by atoms with E-state index in [0.717, 1.165) is 18.8 Å². The second-order valence-electron chi connectivity index (χ2n) is 4.64. The van der Waals surface area contributed by atoms with Gasteiger partial charge in [0.25, 0.3) is 0 Å². The van der Waals surface area contributed by atoms with E-state index in [4.69, 9.17) is 10.5 Å². The highest BCUT2D eigenvalue weighted by molar-refractivity contribution is 5.66. The summed E-state index contributed by atoms with van der Waals surface area (Å²) in [5, 5.41) is 3.26. The third kappa shape index (κ3) is 3.75. The third-order valence-corrected chi connectivity index (χ3v) is 2.71. The van der Waals surface area contributed by atoms with Gasteiger partial charge in [0.15, 0.2) is 5.82 Å².